The number of ether oxygens (including phenoxy) is 9. The number of carbonyl (C=O) groups excluding carboxylic acids is 1. The van der Waals surface area contributed by atoms with Crippen LogP contribution in [0.2, 0.25) is 0 Å². The summed E-state index contributed by atoms with van der Waals surface area (Å²) in [6.07, 6.45) is -39.4. The van der Waals surface area contributed by atoms with Gasteiger partial charge in [0.05, 0.1) is 31.5 Å². The minimum absolute atomic E-state index is 0.677. The summed E-state index contributed by atoms with van der Waals surface area (Å²) < 4.78 is 50.8. The molecule has 5 heterocycles. The lowest BCUT2D eigenvalue weighted by atomic mass is 9.95. The van der Waals surface area contributed by atoms with Crippen LogP contribution in [0, 0.1) is 0 Å². The van der Waals surface area contributed by atoms with Crippen LogP contribution in [0.15, 0.2) is 0 Å². The molecule has 5 aliphatic heterocycles. The van der Waals surface area contributed by atoms with Crippen molar-refractivity contribution >= 4 is 5.91 Å². The molecule has 0 unspecified atom stereocenters. The molecule has 14 N–H and O–H groups in total. The van der Waals surface area contributed by atoms with Crippen LogP contribution < -0.4 is 5.32 Å². The molecule has 0 aromatic rings. The molecule has 0 spiro atoms. The fourth-order valence-electron chi connectivity index (χ4n) is 7.13. The van der Waals surface area contributed by atoms with Crippen LogP contribution in [-0.2, 0) is 47.4 Å². The van der Waals surface area contributed by atoms with E-state index in [2.05, 4.69) is 5.32 Å². The highest BCUT2D eigenvalue weighted by molar-refractivity contribution is 5.73. The van der Waals surface area contributed by atoms with Gasteiger partial charge in [-0.2, -0.15) is 0 Å². The molecule has 5 saturated heterocycles. The summed E-state index contributed by atoms with van der Waals surface area (Å²) in [7, 11) is 0. The van der Waals surface area contributed by atoms with Gasteiger partial charge in [-0.25, -0.2) is 0 Å². The van der Waals surface area contributed by atoms with E-state index in [-0.39, 0.29) is 0 Å². The fraction of sp³-hybridized carbons (Fsp3) is 0.969. The van der Waals surface area contributed by atoms with Crippen LogP contribution in [0.5, 0.6) is 0 Å². The number of amides is 1. The SMILES string of the molecule is CC(=O)N[C@@H]1[C@@H](O[C@@H]2O[C@@H](C)[C@H](O)[C@@H](O[C@@H]3O[C@@H](C)[C@H](O)[C@@H](O)[C@H]3O[C@@H]3O[C@@H](C)[C@H](O)[C@@H](O)[C@H]3O)[C@H]2O)[C@H](O)[C@@H](CO[C@H]2O[C@H](CO)[C@@H](O)[C@H](O)[C@H]2O)O[C@H]1O. The summed E-state index contributed by atoms with van der Waals surface area (Å²) in [5.41, 5.74) is 0. The van der Waals surface area contributed by atoms with Crippen LogP contribution >= 0.6 is 0 Å². The summed E-state index contributed by atoms with van der Waals surface area (Å²) in [6.45, 7) is 3.77. The molecule has 0 saturated carbocycles. The lowest BCUT2D eigenvalue weighted by molar-refractivity contribution is -0.389. The van der Waals surface area contributed by atoms with Gasteiger partial charge in [0.1, 0.15) is 104 Å². The lowest BCUT2D eigenvalue weighted by Gasteiger charge is -2.49. The Hall–Kier alpha value is -1.41. The van der Waals surface area contributed by atoms with Gasteiger partial charge in [-0.05, 0) is 20.8 Å². The molecule has 5 fully saturated rings. The zero-order valence-corrected chi connectivity index (χ0v) is 30.7. The molecule has 1 amide bonds. The number of aliphatic hydroxyl groups is 13. The summed E-state index contributed by atoms with van der Waals surface area (Å²) in [4.78, 5) is 12.1. The van der Waals surface area contributed by atoms with Crippen molar-refractivity contribution in [2.75, 3.05) is 13.2 Å². The van der Waals surface area contributed by atoms with E-state index in [0.717, 1.165) is 6.92 Å². The normalized spacial score (nSPS) is 53.1. The molecule has 0 radical (unpaired) electrons. The van der Waals surface area contributed by atoms with E-state index < -0.39 is 173 Å². The van der Waals surface area contributed by atoms with Crippen molar-refractivity contribution in [2.45, 2.75) is 181 Å². The third kappa shape index (κ3) is 9.47. The molecule has 5 rings (SSSR count). The van der Waals surface area contributed by atoms with Crippen LogP contribution in [-0.4, -0.2) is 239 Å². The maximum absolute atomic E-state index is 12.1. The van der Waals surface area contributed by atoms with Crippen LogP contribution in [0.3, 0.4) is 0 Å². The van der Waals surface area contributed by atoms with E-state index in [9.17, 15) is 71.2 Å². The number of hydrogen-bond acceptors (Lipinski definition) is 23. The molecular formula is C32H55NO23. The Balaban J connectivity index is 1.33. The van der Waals surface area contributed by atoms with Gasteiger partial charge in [0, 0.05) is 6.92 Å². The second-order valence-corrected chi connectivity index (χ2v) is 14.7. The molecule has 56 heavy (non-hydrogen) atoms. The average Bonchev–Trinajstić information content (AvgIpc) is 3.15. The van der Waals surface area contributed by atoms with Crippen molar-refractivity contribution in [3.63, 3.8) is 0 Å². The Morgan fingerprint density at radius 3 is 1.61 bits per heavy atom. The molecule has 326 valence electrons. The molecule has 25 atom stereocenters. The average molecular weight is 822 g/mol. The zero-order valence-electron chi connectivity index (χ0n) is 30.7. The molecular weight excluding hydrogens is 766 g/mol. The van der Waals surface area contributed by atoms with Gasteiger partial charge in [0.25, 0.3) is 0 Å². The van der Waals surface area contributed by atoms with Gasteiger partial charge in [-0.1, -0.05) is 0 Å². The van der Waals surface area contributed by atoms with Crippen molar-refractivity contribution in [1.29, 1.82) is 0 Å². The zero-order chi connectivity index (χ0) is 41.5. The molecule has 0 aromatic heterocycles. The first-order valence-corrected chi connectivity index (χ1v) is 18.2. The predicted octanol–water partition coefficient (Wildman–Crippen LogP) is -8.70. The van der Waals surface area contributed by atoms with E-state index in [0.29, 0.717) is 0 Å². The van der Waals surface area contributed by atoms with E-state index >= 15 is 0 Å². The molecule has 5 aliphatic rings. The minimum atomic E-state index is -1.98. The van der Waals surface area contributed by atoms with E-state index in [1.165, 1.54) is 20.8 Å². The first kappa shape index (κ1) is 45.7. The number of rotatable bonds is 11. The number of aliphatic hydroxyl groups excluding tert-OH is 13. The highest BCUT2D eigenvalue weighted by Crippen LogP contribution is 2.35. The maximum Gasteiger partial charge on any atom is 0.217 e. The van der Waals surface area contributed by atoms with E-state index in [4.69, 9.17) is 42.6 Å². The summed E-state index contributed by atoms with van der Waals surface area (Å²) in [5.74, 6) is -0.705. The Kier molecular flexibility index (Phi) is 15.4. The van der Waals surface area contributed by atoms with Gasteiger partial charge in [0.2, 0.25) is 5.91 Å². The predicted molar refractivity (Wildman–Crippen MR) is 174 cm³/mol. The first-order chi connectivity index (χ1) is 26.3. The molecule has 0 aliphatic carbocycles. The second-order valence-electron chi connectivity index (χ2n) is 14.7. The van der Waals surface area contributed by atoms with E-state index in [1.54, 1.807) is 0 Å². The number of hydrogen-bond donors (Lipinski definition) is 14. The van der Waals surface area contributed by atoms with Crippen molar-refractivity contribution in [3.05, 3.63) is 0 Å². The van der Waals surface area contributed by atoms with E-state index in [1.807, 2.05) is 0 Å². The summed E-state index contributed by atoms with van der Waals surface area (Å²) in [5, 5.41) is 140. The van der Waals surface area contributed by atoms with Crippen LogP contribution in [0.4, 0.5) is 0 Å². The topological polar surface area (TPSA) is 375 Å². The van der Waals surface area contributed by atoms with Gasteiger partial charge in [-0.3, -0.25) is 4.79 Å². The smallest absolute Gasteiger partial charge is 0.217 e. The number of nitrogens with one attached hydrogen (secondary N) is 1. The monoisotopic (exact) mass is 821 g/mol. The van der Waals surface area contributed by atoms with Gasteiger partial charge >= 0.3 is 0 Å². The van der Waals surface area contributed by atoms with Gasteiger partial charge in [0.15, 0.2) is 31.5 Å². The van der Waals surface area contributed by atoms with Gasteiger partial charge in [-0.15, -0.1) is 0 Å². The van der Waals surface area contributed by atoms with Crippen LogP contribution in [0.25, 0.3) is 0 Å². The third-order valence-electron chi connectivity index (χ3n) is 10.6. The second kappa shape index (κ2) is 18.9. The first-order valence-electron chi connectivity index (χ1n) is 18.2. The Bertz CT molecular complexity index is 1270. The van der Waals surface area contributed by atoms with Crippen molar-refractivity contribution in [3.8, 4) is 0 Å². The largest absolute Gasteiger partial charge is 0.394 e. The Labute approximate surface area is 319 Å². The quantitative estimate of drug-likeness (QED) is 0.0920. The molecule has 0 bridgehead atoms. The standard InChI is InChI=1S/C32H55NO23/c1-7-14(36)19(41)23(45)30(49-7)56-27-21(43)15(37)8(2)51-32(27)55-26-16(38)9(3)50-31(24(26)46)54-25-13(33-10(4)35)28(47)52-12(18(25)40)6-48-29-22(44)20(42)17(39)11(5-34)53-29/h7-9,11-32,34,36-47H,5-6H2,1-4H3,(H,33,35)/t7-,8-,9-,11+,12+,13+,14-,15-,16-,17+,18+,19+,20-,21+,22+,23+,24+,25+,26+,27+,28+,29-,30-,31-,32-/m0/s1. The minimum Gasteiger partial charge on any atom is -0.394 e. The highest BCUT2D eigenvalue weighted by Gasteiger charge is 2.55. The van der Waals surface area contributed by atoms with Crippen molar-refractivity contribution in [1.82, 2.24) is 5.32 Å². The summed E-state index contributed by atoms with van der Waals surface area (Å²) >= 11 is 0. The van der Waals surface area contributed by atoms with Crippen molar-refractivity contribution < 1.29 is 114 Å². The lowest BCUT2D eigenvalue weighted by Crippen LogP contribution is -2.68. The fourth-order valence-corrected chi connectivity index (χ4v) is 7.13. The Morgan fingerprint density at radius 1 is 0.500 bits per heavy atom. The van der Waals surface area contributed by atoms with Crippen LogP contribution in [0.1, 0.15) is 27.7 Å². The molecule has 0 aromatic carbocycles. The highest BCUT2D eigenvalue weighted by atomic mass is 16.8. The third-order valence-corrected chi connectivity index (χ3v) is 10.6. The van der Waals surface area contributed by atoms with Gasteiger partial charge < -0.3 is 114 Å². The van der Waals surface area contributed by atoms with Crippen molar-refractivity contribution in [2.24, 2.45) is 0 Å². The molecule has 24 nitrogen and oxygen atoms in total. The maximum atomic E-state index is 12.1. The molecule has 24 heteroatoms. The summed E-state index contributed by atoms with van der Waals surface area (Å²) in [6, 6.07) is -1.53. The Morgan fingerprint density at radius 2 is 1.00 bits per heavy atom. The number of carbonyl (C=O) groups is 1.